The Balaban J connectivity index is 6.52. The van der Waals surface area contributed by atoms with E-state index in [0.717, 1.165) is 6.42 Å². The average Bonchev–Trinajstić information content (AvgIpc) is 2.38. The molecular weight excluding hydrogens is 318 g/mol. The zero-order valence-corrected chi connectivity index (χ0v) is 19.1. The van der Waals surface area contributed by atoms with Gasteiger partial charge in [-0.2, -0.15) is 0 Å². The fourth-order valence-corrected chi connectivity index (χ4v) is 83.4. The van der Waals surface area contributed by atoms with E-state index in [9.17, 15) is 0 Å². The Morgan fingerprint density at radius 3 is 1.15 bits per heavy atom. The zero-order valence-electron chi connectivity index (χ0n) is 15.1. The maximum atomic E-state index is 6.76. The highest BCUT2D eigenvalue weighted by atomic mass is 29.9. The van der Waals surface area contributed by atoms with Gasteiger partial charge in [0, 0.05) is 21.3 Å². The summed E-state index contributed by atoms with van der Waals surface area (Å²) in [6, 6.07) is 0. The molecule has 0 amide bonds. The van der Waals surface area contributed by atoms with E-state index in [1.165, 1.54) is 0 Å². The third-order valence-corrected chi connectivity index (χ3v) is 70.4. The van der Waals surface area contributed by atoms with Gasteiger partial charge >= 0.3 is 0 Å². The van der Waals surface area contributed by atoms with Crippen LogP contribution in [0.1, 0.15) is 13.3 Å². The molecule has 8 heteroatoms. The van der Waals surface area contributed by atoms with Crippen molar-refractivity contribution in [3.05, 3.63) is 0 Å². The topological polar surface area (TPSA) is 53.7 Å². The molecule has 0 rings (SSSR count). The van der Waals surface area contributed by atoms with Crippen molar-refractivity contribution in [2.24, 2.45) is 5.73 Å². The van der Waals surface area contributed by atoms with Crippen molar-refractivity contribution in [3.8, 4) is 0 Å². The van der Waals surface area contributed by atoms with Gasteiger partial charge in [-0.25, -0.2) is 0 Å². The number of nitrogens with two attached hydrogens (primary N) is 1. The second-order valence-corrected chi connectivity index (χ2v) is 42.0. The summed E-state index contributed by atoms with van der Waals surface area (Å²) in [5.74, 6) is 0. The highest BCUT2D eigenvalue weighted by Crippen LogP contribution is 2.40. The summed E-state index contributed by atoms with van der Waals surface area (Å²) < 4.78 is 18.4. The van der Waals surface area contributed by atoms with Crippen molar-refractivity contribution < 1.29 is 13.3 Å². The summed E-state index contributed by atoms with van der Waals surface area (Å²) >= 11 is 0. The lowest BCUT2D eigenvalue weighted by Crippen LogP contribution is -2.92. The Morgan fingerprint density at radius 1 is 0.750 bits per heavy atom. The fraction of sp³-hybridized carbons (Fsp3) is 1.00. The molecule has 0 aliphatic heterocycles. The van der Waals surface area contributed by atoms with Crippen molar-refractivity contribution in [2.75, 3.05) is 21.3 Å². The van der Waals surface area contributed by atoms with E-state index in [1.54, 1.807) is 0 Å². The first-order chi connectivity index (χ1) is 8.91. The van der Waals surface area contributed by atoms with E-state index in [-0.39, 0.29) is 5.67 Å². The first kappa shape index (κ1) is 20.7. The van der Waals surface area contributed by atoms with Crippen LogP contribution in [-0.4, -0.2) is 57.1 Å². The zero-order chi connectivity index (χ0) is 16.4. The summed E-state index contributed by atoms with van der Waals surface area (Å²) in [6.45, 7) is 14.1. The van der Waals surface area contributed by atoms with Gasteiger partial charge in [-0.1, -0.05) is 6.92 Å². The van der Waals surface area contributed by atoms with Crippen LogP contribution in [0.3, 0.4) is 0 Å². The van der Waals surface area contributed by atoms with Gasteiger partial charge in [-0.05, 0) is 51.4 Å². The van der Waals surface area contributed by atoms with Gasteiger partial charge in [0.05, 0.1) is 0 Å². The van der Waals surface area contributed by atoms with Crippen LogP contribution in [0.25, 0.3) is 0 Å². The fourth-order valence-electron chi connectivity index (χ4n) is 4.30. The minimum atomic E-state index is -2.05. The van der Waals surface area contributed by atoms with Crippen molar-refractivity contribution in [3.63, 3.8) is 0 Å². The molecule has 0 aliphatic carbocycles. The van der Waals surface area contributed by atoms with Crippen molar-refractivity contribution in [1.82, 2.24) is 0 Å². The summed E-state index contributed by atoms with van der Waals surface area (Å²) in [5.41, 5.74) is 6.95. The van der Waals surface area contributed by atoms with Crippen molar-refractivity contribution in [2.45, 2.75) is 58.3 Å². The Kier molecular flexibility index (Phi) is 7.10. The molecule has 0 fully saturated rings. The molecular formula is C12H35NO3Si4. The van der Waals surface area contributed by atoms with Gasteiger partial charge in [-0.15, -0.1) is 0 Å². The van der Waals surface area contributed by atoms with Crippen LogP contribution in [0.4, 0.5) is 0 Å². The maximum Gasteiger partial charge on any atom is 0.176 e. The van der Waals surface area contributed by atoms with Gasteiger partial charge in [0.15, 0.2) is 23.5 Å². The van der Waals surface area contributed by atoms with Gasteiger partial charge in [-0.3, -0.25) is 0 Å². The first-order valence-electron chi connectivity index (χ1n) is 7.32. The molecule has 122 valence electrons. The molecule has 0 bridgehead atoms. The maximum absolute atomic E-state index is 6.76. The van der Waals surface area contributed by atoms with Crippen molar-refractivity contribution in [1.29, 1.82) is 0 Å². The van der Waals surface area contributed by atoms with Crippen LogP contribution < -0.4 is 5.73 Å². The van der Waals surface area contributed by atoms with Crippen molar-refractivity contribution >= 4 is 30.1 Å². The quantitative estimate of drug-likeness (QED) is 0.681. The van der Waals surface area contributed by atoms with Crippen LogP contribution in [0.5, 0.6) is 0 Å². The smallest absolute Gasteiger partial charge is 0.176 e. The second-order valence-electron chi connectivity index (χ2n) is 6.97. The Morgan fingerprint density at radius 2 is 1.00 bits per heavy atom. The monoisotopic (exact) mass is 353 g/mol. The molecule has 20 heavy (non-hydrogen) atoms. The molecule has 0 aromatic rings. The minimum Gasteiger partial charge on any atom is -0.423 e. The Hall–Kier alpha value is 0.708. The SMILES string of the molecule is CCC(N)[Si]([Si](C)(C)OC)([Si](C)(C)OC)[Si](C)(C)OC. The summed E-state index contributed by atoms with van der Waals surface area (Å²) in [6.07, 6.45) is 0.978. The molecule has 0 heterocycles. The Bertz CT molecular complexity index is 283. The molecule has 0 spiro atoms. The van der Waals surface area contributed by atoms with Crippen LogP contribution in [0, 0.1) is 0 Å². The van der Waals surface area contributed by atoms with E-state index in [4.69, 9.17) is 19.0 Å². The molecule has 2 N–H and O–H groups in total. The van der Waals surface area contributed by atoms with Crippen LogP contribution in [-0.2, 0) is 13.3 Å². The van der Waals surface area contributed by atoms with Gasteiger partial charge < -0.3 is 19.0 Å². The highest BCUT2D eigenvalue weighted by molar-refractivity contribution is 7.87. The molecule has 1 atom stereocenters. The highest BCUT2D eigenvalue weighted by Gasteiger charge is 2.73. The molecule has 0 aliphatic rings. The van der Waals surface area contributed by atoms with E-state index < -0.39 is 30.1 Å². The number of hydrogen-bond acceptors (Lipinski definition) is 4. The Labute approximate surface area is 129 Å². The van der Waals surface area contributed by atoms with Gasteiger partial charge in [0.25, 0.3) is 0 Å². The van der Waals surface area contributed by atoms with E-state index in [2.05, 4.69) is 46.2 Å². The minimum absolute atomic E-state index is 0.187. The van der Waals surface area contributed by atoms with Crippen LogP contribution in [0.15, 0.2) is 0 Å². The lowest BCUT2D eigenvalue weighted by Gasteiger charge is -2.58. The number of hydrogen-bond donors (Lipinski definition) is 1. The second kappa shape index (κ2) is 6.86. The average molecular weight is 354 g/mol. The van der Waals surface area contributed by atoms with Gasteiger partial charge in [0.2, 0.25) is 0 Å². The summed E-state index contributed by atoms with van der Waals surface area (Å²) in [7, 11) is -0.326. The largest absolute Gasteiger partial charge is 0.423 e. The molecule has 0 radical (unpaired) electrons. The van der Waals surface area contributed by atoms with E-state index >= 15 is 0 Å². The van der Waals surface area contributed by atoms with Gasteiger partial charge in [0.1, 0.15) is 6.63 Å². The van der Waals surface area contributed by atoms with Crippen LogP contribution >= 0.6 is 0 Å². The molecule has 0 saturated carbocycles. The first-order valence-corrected chi connectivity index (χ1v) is 21.1. The molecule has 0 saturated heterocycles. The molecule has 0 aromatic carbocycles. The molecule has 4 nitrogen and oxygen atoms in total. The predicted octanol–water partition coefficient (Wildman–Crippen LogP) is 2.50. The lowest BCUT2D eigenvalue weighted by molar-refractivity contribution is 0.399. The summed E-state index contributed by atoms with van der Waals surface area (Å²) in [5, 5.41) is 0. The predicted molar refractivity (Wildman–Crippen MR) is 97.5 cm³/mol. The number of rotatable bonds is 8. The standard InChI is InChI=1S/C12H35NO3Si4/c1-11-12(13)20(17(5,6)14-2,18(7,8)15-3)19(9,10)16-4/h12H,11,13H2,1-10H3. The third kappa shape index (κ3) is 2.93. The third-order valence-electron chi connectivity index (χ3n) is 5.38. The molecule has 0 aromatic heterocycles. The summed E-state index contributed by atoms with van der Waals surface area (Å²) in [4.78, 5) is 0. The lowest BCUT2D eigenvalue weighted by atomic mass is 10.5. The van der Waals surface area contributed by atoms with E-state index in [0.29, 0.717) is 0 Å². The van der Waals surface area contributed by atoms with E-state index in [1.807, 2.05) is 21.3 Å². The molecule has 1 unspecified atom stereocenters. The van der Waals surface area contributed by atoms with Crippen LogP contribution in [0.2, 0.25) is 39.3 Å². The normalized spacial score (nSPS) is 16.4.